The first-order valence-corrected chi connectivity index (χ1v) is 7.62. The first-order chi connectivity index (χ1) is 8.46. The van der Waals surface area contributed by atoms with Crippen LogP contribution < -0.4 is 0 Å². The van der Waals surface area contributed by atoms with Crippen molar-refractivity contribution in [1.29, 1.82) is 0 Å². The van der Waals surface area contributed by atoms with E-state index in [1.165, 1.54) is 0 Å². The molecule has 1 aromatic carbocycles. The molecule has 0 saturated heterocycles. The fourth-order valence-corrected chi connectivity index (χ4v) is 2.70. The summed E-state index contributed by atoms with van der Waals surface area (Å²) in [5.74, 6) is 0.692. The van der Waals surface area contributed by atoms with Gasteiger partial charge in [0.15, 0.2) is 0 Å². The van der Waals surface area contributed by atoms with Crippen LogP contribution in [0.3, 0.4) is 0 Å². The van der Waals surface area contributed by atoms with Crippen LogP contribution in [0.5, 0.6) is 0 Å². The van der Waals surface area contributed by atoms with E-state index in [-0.39, 0.29) is 11.6 Å². The minimum atomic E-state index is -0.353. The van der Waals surface area contributed by atoms with Gasteiger partial charge in [-0.3, -0.25) is 0 Å². The Balaban J connectivity index is 2.34. The average Bonchev–Trinajstić information content (AvgIpc) is 2.69. The minimum Gasteiger partial charge on any atom is -0.468 e. The number of hydrogen-bond acceptors (Lipinski definition) is 2. The molecule has 18 heavy (non-hydrogen) atoms. The molecule has 0 N–H and O–H groups in total. The lowest BCUT2D eigenvalue weighted by Crippen LogP contribution is -2.39. The van der Waals surface area contributed by atoms with Gasteiger partial charge in [-0.1, -0.05) is 44.0 Å². The van der Waals surface area contributed by atoms with E-state index in [4.69, 9.17) is 4.74 Å². The number of hydrogen-bond donors (Lipinski definition) is 0. The molecule has 0 aliphatic carbocycles. The highest BCUT2D eigenvalue weighted by Crippen LogP contribution is 2.33. The van der Waals surface area contributed by atoms with Gasteiger partial charge in [-0.15, -0.1) is 0 Å². The first kappa shape index (κ1) is 13.8. The Hall–Kier alpha value is -0.610. The van der Waals surface area contributed by atoms with Gasteiger partial charge in [-0.05, 0) is 38.1 Å². The Morgan fingerprint density at radius 2 is 2.06 bits per heavy atom. The molecule has 1 aromatic rings. The second-order valence-electron chi connectivity index (χ2n) is 4.74. The quantitative estimate of drug-likeness (QED) is 0.571. The molecule has 2 nitrogen and oxygen atoms in total. The maximum absolute atomic E-state index is 6.02. The maximum Gasteiger partial charge on any atom is 0.217 e. The third kappa shape index (κ3) is 2.54. The summed E-state index contributed by atoms with van der Waals surface area (Å²) in [6.45, 7) is 8.05. The van der Waals surface area contributed by atoms with Gasteiger partial charge in [-0.2, -0.15) is 0 Å². The van der Waals surface area contributed by atoms with Crippen molar-refractivity contribution in [2.24, 2.45) is 4.99 Å². The van der Waals surface area contributed by atoms with Crippen molar-refractivity contribution in [2.45, 2.75) is 25.5 Å². The fourth-order valence-electron chi connectivity index (χ4n) is 2.01. The standard InChI is InChI=1S/C14H15Br2NO/c1-9(2)12-14(3,8-15)18-13(17-12)10-4-6-11(16)7-5-10/h4-7,12H,1,8H2,2-3H3/t12-,14+/m0/s1. The molecule has 1 aliphatic heterocycles. The Labute approximate surface area is 124 Å². The third-order valence-corrected chi connectivity index (χ3v) is 4.62. The monoisotopic (exact) mass is 371 g/mol. The van der Waals surface area contributed by atoms with Crippen LogP contribution in [0.2, 0.25) is 0 Å². The lowest BCUT2D eigenvalue weighted by atomic mass is 9.95. The molecule has 0 aromatic heterocycles. The summed E-state index contributed by atoms with van der Waals surface area (Å²) in [6.07, 6.45) is 0. The molecule has 2 rings (SSSR count). The molecule has 0 bridgehead atoms. The second-order valence-corrected chi connectivity index (χ2v) is 6.21. The number of halogens is 2. The molecule has 2 atom stereocenters. The predicted molar refractivity (Wildman–Crippen MR) is 82.6 cm³/mol. The predicted octanol–water partition coefficient (Wildman–Crippen LogP) is 4.32. The van der Waals surface area contributed by atoms with Crippen LogP contribution in [0.1, 0.15) is 19.4 Å². The molecule has 0 saturated carbocycles. The first-order valence-electron chi connectivity index (χ1n) is 5.70. The van der Waals surface area contributed by atoms with E-state index in [2.05, 4.69) is 50.4 Å². The molecular weight excluding hydrogens is 358 g/mol. The summed E-state index contributed by atoms with van der Waals surface area (Å²) in [7, 11) is 0. The van der Waals surface area contributed by atoms with Crippen molar-refractivity contribution in [3.05, 3.63) is 46.5 Å². The van der Waals surface area contributed by atoms with Crippen molar-refractivity contribution < 1.29 is 4.74 Å². The SMILES string of the molecule is C=C(C)[C@@H]1N=C(c2ccc(Br)cc2)O[C@]1(C)CBr. The van der Waals surface area contributed by atoms with Crippen LogP contribution in [0.25, 0.3) is 0 Å². The summed E-state index contributed by atoms with van der Waals surface area (Å²) in [4.78, 5) is 4.66. The van der Waals surface area contributed by atoms with Crippen LogP contribution >= 0.6 is 31.9 Å². The molecule has 4 heteroatoms. The molecule has 0 unspecified atom stereocenters. The van der Waals surface area contributed by atoms with Gasteiger partial charge in [0.25, 0.3) is 0 Å². The smallest absolute Gasteiger partial charge is 0.217 e. The molecule has 0 fully saturated rings. The molecule has 0 radical (unpaired) electrons. The number of nitrogens with zero attached hydrogens (tertiary/aromatic N) is 1. The average molecular weight is 373 g/mol. The van der Waals surface area contributed by atoms with Gasteiger partial charge in [0.2, 0.25) is 5.90 Å². The van der Waals surface area contributed by atoms with Crippen LogP contribution in [0.4, 0.5) is 0 Å². The number of alkyl halides is 1. The minimum absolute atomic E-state index is 0.00415. The molecular formula is C14H15Br2NO. The normalized spacial score (nSPS) is 26.7. The van der Waals surface area contributed by atoms with E-state index < -0.39 is 0 Å². The zero-order valence-electron chi connectivity index (χ0n) is 10.4. The van der Waals surface area contributed by atoms with Crippen molar-refractivity contribution in [3.8, 4) is 0 Å². The Bertz CT molecular complexity index is 495. The molecule has 1 heterocycles. The van der Waals surface area contributed by atoms with Crippen molar-refractivity contribution >= 4 is 37.8 Å². The Morgan fingerprint density at radius 3 is 2.50 bits per heavy atom. The van der Waals surface area contributed by atoms with E-state index in [0.29, 0.717) is 5.90 Å². The molecule has 1 aliphatic rings. The summed E-state index contributed by atoms with van der Waals surface area (Å²) < 4.78 is 7.07. The van der Waals surface area contributed by atoms with Crippen LogP contribution in [-0.2, 0) is 4.74 Å². The molecule has 96 valence electrons. The van der Waals surface area contributed by atoms with E-state index in [1.807, 2.05) is 31.2 Å². The lowest BCUT2D eigenvalue weighted by molar-refractivity contribution is 0.115. The van der Waals surface area contributed by atoms with Crippen LogP contribution in [0, 0.1) is 0 Å². The third-order valence-electron chi connectivity index (χ3n) is 2.98. The highest BCUT2D eigenvalue weighted by molar-refractivity contribution is 9.10. The maximum atomic E-state index is 6.02. The van der Waals surface area contributed by atoms with Crippen molar-refractivity contribution in [2.75, 3.05) is 5.33 Å². The number of ether oxygens (including phenoxy) is 1. The van der Waals surface area contributed by atoms with Crippen molar-refractivity contribution in [1.82, 2.24) is 0 Å². The van der Waals surface area contributed by atoms with Gasteiger partial charge in [0.1, 0.15) is 11.6 Å². The van der Waals surface area contributed by atoms with Crippen LogP contribution in [0.15, 0.2) is 45.9 Å². The Morgan fingerprint density at radius 1 is 1.44 bits per heavy atom. The van der Waals surface area contributed by atoms with Gasteiger partial charge in [0, 0.05) is 15.4 Å². The summed E-state index contributed by atoms with van der Waals surface area (Å²) in [5, 5.41) is 0.723. The fraction of sp³-hybridized carbons (Fsp3) is 0.357. The summed E-state index contributed by atoms with van der Waals surface area (Å²) >= 11 is 6.93. The van der Waals surface area contributed by atoms with Crippen molar-refractivity contribution in [3.63, 3.8) is 0 Å². The topological polar surface area (TPSA) is 21.6 Å². The second kappa shape index (κ2) is 5.17. The largest absolute Gasteiger partial charge is 0.468 e. The van der Waals surface area contributed by atoms with E-state index in [0.717, 1.165) is 20.9 Å². The van der Waals surface area contributed by atoms with E-state index >= 15 is 0 Å². The summed E-state index contributed by atoms with van der Waals surface area (Å²) in [5.41, 5.74) is 1.66. The zero-order chi connectivity index (χ0) is 13.3. The van der Waals surface area contributed by atoms with Gasteiger partial charge in [0.05, 0.1) is 0 Å². The number of rotatable bonds is 3. The van der Waals surface area contributed by atoms with Gasteiger partial charge < -0.3 is 4.74 Å². The number of benzene rings is 1. The zero-order valence-corrected chi connectivity index (χ0v) is 13.6. The molecule has 0 amide bonds. The highest BCUT2D eigenvalue weighted by Gasteiger charge is 2.42. The Kier molecular flexibility index (Phi) is 3.97. The van der Waals surface area contributed by atoms with Gasteiger partial charge in [-0.25, -0.2) is 4.99 Å². The van der Waals surface area contributed by atoms with Crippen LogP contribution in [-0.4, -0.2) is 22.9 Å². The highest BCUT2D eigenvalue weighted by atomic mass is 79.9. The van der Waals surface area contributed by atoms with E-state index in [9.17, 15) is 0 Å². The molecule has 0 spiro atoms. The van der Waals surface area contributed by atoms with E-state index in [1.54, 1.807) is 0 Å². The lowest BCUT2D eigenvalue weighted by Gasteiger charge is -2.27. The van der Waals surface area contributed by atoms with Gasteiger partial charge >= 0.3 is 0 Å². The number of aliphatic imine (C=N–C) groups is 1. The summed E-state index contributed by atoms with van der Waals surface area (Å²) in [6, 6.07) is 7.97.